The van der Waals surface area contributed by atoms with Gasteiger partial charge < -0.3 is 10.6 Å². The molecule has 0 spiro atoms. The average Bonchev–Trinajstić information content (AvgIpc) is 2.96. The molecule has 1 amide bonds. The van der Waals surface area contributed by atoms with Gasteiger partial charge in [0.15, 0.2) is 0 Å². The van der Waals surface area contributed by atoms with Crippen LogP contribution in [0, 0.1) is 0 Å². The number of aromatic nitrogens is 1. The van der Waals surface area contributed by atoms with Crippen molar-refractivity contribution in [3.8, 4) is 0 Å². The van der Waals surface area contributed by atoms with E-state index in [1.54, 1.807) is 0 Å². The molecule has 2 aromatic rings. The number of carbonyl (C=O) groups excluding carboxylic acids is 1. The molecule has 4 nitrogen and oxygen atoms in total. The molecule has 118 valence electrons. The van der Waals surface area contributed by atoms with Crippen LogP contribution in [-0.2, 0) is 12.8 Å². The van der Waals surface area contributed by atoms with E-state index < -0.39 is 0 Å². The lowest BCUT2D eigenvalue weighted by Crippen LogP contribution is -2.39. The van der Waals surface area contributed by atoms with Gasteiger partial charge in [-0.15, -0.1) is 23.7 Å². The Morgan fingerprint density at radius 1 is 1.45 bits per heavy atom. The number of rotatable bonds is 3. The molecule has 1 atom stereocenters. The Balaban J connectivity index is 0.00000176. The van der Waals surface area contributed by atoms with Crippen LogP contribution in [0.5, 0.6) is 0 Å². The average molecular weight is 338 g/mol. The van der Waals surface area contributed by atoms with Gasteiger partial charge in [-0.2, -0.15) is 0 Å². The fourth-order valence-electron chi connectivity index (χ4n) is 2.84. The number of hydrogen-bond acceptors (Lipinski definition) is 4. The number of carbonyl (C=O) groups is 1. The lowest BCUT2D eigenvalue weighted by molar-refractivity contribution is 0.0672. The van der Waals surface area contributed by atoms with Gasteiger partial charge in [0.2, 0.25) is 0 Å². The third kappa shape index (κ3) is 3.16. The van der Waals surface area contributed by atoms with Gasteiger partial charge in [-0.25, -0.2) is 4.98 Å². The van der Waals surface area contributed by atoms with Gasteiger partial charge in [-0.1, -0.05) is 24.3 Å². The zero-order valence-electron chi connectivity index (χ0n) is 12.5. The molecule has 2 N–H and O–H groups in total. The second kappa shape index (κ2) is 7.22. The number of nitrogens with two attached hydrogens (primary N) is 1. The highest BCUT2D eigenvalue weighted by atomic mass is 35.5. The van der Waals surface area contributed by atoms with Crippen LogP contribution in [0.2, 0.25) is 0 Å². The molecule has 0 saturated heterocycles. The number of nitrogens with zero attached hydrogens (tertiary/aromatic N) is 2. The van der Waals surface area contributed by atoms with Gasteiger partial charge in [0, 0.05) is 18.3 Å². The third-order valence-electron chi connectivity index (χ3n) is 3.98. The number of benzene rings is 1. The summed E-state index contributed by atoms with van der Waals surface area (Å²) in [4.78, 5) is 19.0. The van der Waals surface area contributed by atoms with Crippen molar-refractivity contribution in [3.63, 3.8) is 0 Å². The summed E-state index contributed by atoms with van der Waals surface area (Å²) in [5.41, 5.74) is 8.67. The number of fused-ring (bicyclic) bond motifs is 1. The largest absolute Gasteiger partial charge is 0.330 e. The summed E-state index contributed by atoms with van der Waals surface area (Å²) in [6.45, 7) is 3.40. The second-order valence-electron chi connectivity index (χ2n) is 5.29. The monoisotopic (exact) mass is 337 g/mol. The van der Waals surface area contributed by atoms with E-state index in [-0.39, 0.29) is 24.4 Å². The highest BCUT2D eigenvalue weighted by molar-refractivity contribution is 7.09. The number of amides is 1. The Bertz CT molecular complexity index is 658. The fraction of sp³-hybridized carbons (Fsp3) is 0.375. The zero-order valence-corrected chi connectivity index (χ0v) is 14.1. The lowest BCUT2D eigenvalue weighted by Gasteiger charge is -2.34. The van der Waals surface area contributed by atoms with Crippen LogP contribution in [0.1, 0.15) is 39.6 Å². The molecule has 0 bridgehead atoms. The van der Waals surface area contributed by atoms with E-state index in [1.807, 2.05) is 16.3 Å². The van der Waals surface area contributed by atoms with E-state index in [1.165, 1.54) is 22.5 Å². The first-order valence-corrected chi connectivity index (χ1v) is 8.12. The summed E-state index contributed by atoms with van der Waals surface area (Å²) in [6, 6.07) is 8.45. The Labute approximate surface area is 140 Å². The van der Waals surface area contributed by atoms with Crippen molar-refractivity contribution in [3.05, 3.63) is 51.5 Å². The molecule has 2 heterocycles. The van der Waals surface area contributed by atoms with Gasteiger partial charge >= 0.3 is 0 Å². The van der Waals surface area contributed by atoms with Crippen molar-refractivity contribution >= 4 is 29.7 Å². The summed E-state index contributed by atoms with van der Waals surface area (Å²) in [5.74, 6) is 0.0246. The van der Waals surface area contributed by atoms with Crippen molar-refractivity contribution in [1.82, 2.24) is 9.88 Å². The van der Waals surface area contributed by atoms with Crippen molar-refractivity contribution in [1.29, 1.82) is 0 Å². The van der Waals surface area contributed by atoms with E-state index in [4.69, 9.17) is 5.73 Å². The van der Waals surface area contributed by atoms with Crippen molar-refractivity contribution in [2.24, 2.45) is 5.73 Å². The summed E-state index contributed by atoms with van der Waals surface area (Å²) in [6.07, 6.45) is 1.64. The standard InChI is InChI=1S/C16H19N3OS.ClH/c1-11-13-5-3-2-4-12(13)7-9-19(11)16(20)14-10-21-15(18-14)6-8-17;/h2-5,10-11H,6-9,17H2,1H3;1H. The molecule has 0 fully saturated rings. The summed E-state index contributed by atoms with van der Waals surface area (Å²) in [7, 11) is 0. The van der Waals surface area contributed by atoms with Gasteiger partial charge in [0.05, 0.1) is 11.0 Å². The Hall–Kier alpha value is -1.43. The predicted molar refractivity (Wildman–Crippen MR) is 91.7 cm³/mol. The van der Waals surface area contributed by atoms with Crippen LogP contribution in [0.4, 0.5) is 0 Å². The van der Waals surface area contributed by atoms with Crippen molar-refractivity contribution in [2.75, 3.05) is 13.1 Å². The van der Waals surface area contributed by atoms with Crippen LogP contribution in [-0.4, -0.2) is 28.9 Å². The molecule has 0 aliphatic carbocycles. The quantitative estimate of drug-likeness (QED) is 0.936. The number of hydrogen-bond donors (Lipinski definition) is 1. The maximum absolute atomic E-state index is 12.7. The molecule has 1 aliphatic heterocycles. The van der Waals surface area contributed by atoms with Crippen LogP contribution < -0.4 is 5.73 Å². The molecule has 0 saturated carbocycles. The summed E-state index contributed by atoms with van der Waals surface area (Å²) in [5, 5.41) is 2.78. The highest BCUT2D eigenvalue weighted by Crippen LogP contribution is 2.30. The fourth-order valence-corrected chi connectivity index (χ4v) is 3.63. The van der Waals surface area contributed by atoms with Crippen LogP contribution in [0.25, 0.3) is 0 Å². The maximum Gasteiger partial charge on any atom is 0.273 e. The summed E-state index contributed by atoms with van der Waals surface area (Å²) >= 11 is 1.51. The molecule has 3 rings (SSSR count). The first-order valence-electron chi connectivity index (χ1n) is 7.24. The van der Waals surface area contributed by atoms with Gasteiger partial charge in [0.25, 0.3) is 5.91 Å². The number of thiazole rings is 1. The Morgan fingerprint density at radius 3 is 3.00 bits per heavy atom. The molecule has 0 radical (unpaired) electrons. The third-order valence-corrected chi connectivity index (χ3v) is 4.89. The molecule has 1 aromatic heterocycles. The second-order valence-corrected chi connectivity index (χ2v) is 6.23. The number of halogens is 1. The van der Waals surface area contributed by atoms with Gasteiger partial charge in [-0.05, 0) is 31.0 Å². The van der Waals surface area contributed by atoms with Crippen molar-refractivity contribution < 1.29 is 4.79 Å². The molecule has 1 aliphatic rings. The predicted octanol–water partition coefficient (Wildman–Crippen LogP) is 2.83. The topological polar surface area (TPSA) is 59.2 Å². The molecule has 22 heavy (non-hydrogen) atoms. The minimum Gasteiger partial charge on any atom is -0.330 e. The molecule has 6 heteroatoms. The maximum atomic E-state index is 12.7. The van der Waals surface area contributed by atoms with Crippen LogP contribution >= 0.6 is 23.7 Å². The SMILES string of the molecule is CC1c2ccccc2CCN1C(=O)c1csc(CCN)n1.Cl. The molecular formula is C16H20ClN3OS. The van der Waals surface area contributed by atoms with Crippen LogP contribution in [0.3, 0.4) is 0 Å². The van der Waals surface area contributed by atoms with E-state index >= 15 is 0 Å². The van der Waals surface area contributed by atoms with E-state index in [0.29, 0.717) is 12.2 Å². The van der Waals surface area contributed by atoms with Crippen LogP contribution in [0.15, 0.2) is 29.6 Å². The van der Waals surface area contributed by atoms with E-state index in [9.17, 15) is 4.79 Å². The minimum atomic E-state index is 0. The smallest absolute Gasteiger partial charge is 0.273 e. The molecule has 1 unspecified atom stereocenters. The first-order chi connectivity index (χ1) is 10.2. The van der Waals surface area contributed by atoms with Gasteiger partial charge in [0.1, 0.15) is 5.69 Å². The zero-order chi connectivity index (χ0) is 14.8. The highest BCUT2D eigenvalue weighted by Gasteiger charge is 2.29. The normalized spacial score (nSPS) is 16.8. The van der Waals surface area contributed by atoms with Gasteiger partial charge in [-0.3, -0.25) is 4.79 Å². The lowest BCUT2D eigenvalue weighted by atomic mass is 9.93. The minimum absolute atomic E-state index is 0. The van der Waals surface area contributed by atoms with E-state index in [0.717, 1.165) is 24.4 Å². The van der Waals surface area contributed by atoms with Crippen molar-refractivity contribution in [2.45, 2.75) is 25.8 Å². The molecular weight excluding hydrogens is 318 g/mol. The van der Waals surface area contributed by atoms with E-state index in [2.05, 4.69) is 30.1 Å². The molecule has 1 aromatic carbocycles. The summed E-state index contributed by atoms with van der Waals surface area (Å²) < 4.78 is 0. The first kappa shape index (κ1) is 16.9. The Morgan fingerprint density at radius 2 is 2.23 bits per heavy atom. The Kier molecular flexibility index (Phi) is 5.56.